The number of benzene rings is 1. The molecule has 1 amide bonds. The quantitative estimate of drug-likeness (QED) is 0.761. The number of aliphatic hydroxyl groups is 1. The van der Waals surface area contributed by atoms with E-state index in [1.54, 1.807) is 0 Å². The van der Waals surface area contributed by atoms with Gasteiger partial charge in [-0.1, -0.05) is 24.6 Å². The van der Waals surface area contributed by atoms with E-state index in [2.05, 4.69) is 5.32 Å². The standard InChI is InChI=1S/C15H23NO2/c1-11-6-7-13(3)14(9-11)15(18)16-8-4-5-12(2)10-17/h6-7,9,12,17H,4-5,8,10H2,1-3H3,(H,16,18). The fraction of sp³-hybridized carbons (Fsp3) is 0.533. The summed E-state index contributed by atoms with van der Waals surface area (Å²) in [6.07, 6.45) is 1.84. The van der Waals surface area contributed by atoms with Gasteiger partial charge in [-0.2, -0.15) is 0 Å². The molecule has 0 radical (unpaired) electrons. The summed E-state index contributed by atoms with van der Waals surface area (Å²) in [7, 11) is 0. The highest BCUT2D eigenvalue weighted by Gasteiger charge is 2.08. The molecule has 1 aromatic carbocycles. The van der Waals surface area contributed by atoms with E-state index in [1.165, 1.54) is 0 Å². The first-order valence-electron chi connectivity index (χ1n) is 6.51. The molecule has 0 bridgehead atoms. The molecule has 1 aromatic rings. The molecule has 3 heteroatoms. The van der Waals surface area contributed by atoms with Gasteiger partial charge in [0.2, 0.25) is 0 Å². The second-order valence-electron chi connectivity index (χ2n) is 5.00. The lowest BCUT2D eigenvalue weighted by Gasteiger charge is -2.10. The molecule has 2 N–H and O–H groups in total. The normalized spacial score (nSPS) is 12.2. The third-order valence-electron chi connectivity index (χ3n) is 3.11. The van der Waals surface area contributed by atoms with E-state index in [4.69, 9.17) is 5.11 Å². The molecule has 0 aliphatic heterocycles. The van der Waals surface area contributed by atoms with Gasteiger partial charge in [-0.05, 0) is 44.2 Å². The zero-order valence-corrected chi connectivity index (χ0v) is 11.5. The van der Waals surface area contributed by atoms with Gasteiger partial charge in [0.25, 0.3) is 5.91 Å². The molecule has 1 unspecified atom stereocenters. The van der Waals surface area contributed by atoms with Crippen molar-refractivity contribution in [3.63, 3.8) is 0 Å². The largest absolute Gasteiger partial charge is 0.396 e. The molecular weight excluding hydrogens is 226 g/mol. The van der Waals surface area contributed by atoms with Gasteiger partial charge in [-0.25, -0.2) is 0 Å². The summed E-state index contributed by atoms with van der Waals surface area (Å²) in [6.45, 7) is 6.81. The average Bonchev–Trinajstić information content (AvgIpc) is 2.36. The third-order valence-corrected chi connectivity index (χ3v) is 3.11. The Morgan fingerprint density at radius 2 is 2.11 bits per heavy atom. The summed E-state index contributed by atoms with van der Waals surface area (Å²) in [5.74, 6) is 0.301. The van der Waals surface area contributed by atoms with Crippen molar-refractivity contribution < 1.29 is 9.90 Å². The average molecular weight is 249 g/mol. The first-order chi connectivity index (χ1) is 8.54. The predicted molar refractivity (Wildman–Crippen MR) is 73.7 cm³/mol. The summed E-state index contributed by atoms with van der Waals surface area (Å²) in [5, 5.41) is 11.8. The number of rotatable bonds is 6. The topological polar surface area (TPSA) is 49.3 Å². The molecular formula is C15H23NO2. The van der Waals surface area contributed by atoms with Gasteiger partial charge in [0.05, 0.1) is 0 Å². The lowest BCUT2D eigenvalue weighted by atomic mass is 10.0. The molecule has 18 heavy (non-hydrogen) atoms. The fourth-order valence-corrected chi connectivity index (χ4v) is 1.82. The predicted octanol–water partition coefficient (Wildman–Crippen LogP) is 2.44. The summed E-state index contributed by atoms with van der Waals surface area (Å²) >= 11 is 0. The van der Waals surface area contributed by atoms with Gasteiger partial charge < -0.3 is 10.4 Å². The number of hydrogen-bond donors (Lipinski definition) is 2. The maximum atomic E-state index is 12.0. The molecule has 0 aromatic heterocycles. The van der Waals surface area contributed by atoms with E-state index >= 15 is 0 Å². The van der Waals surface area contributed by atoms with Gasteiger partial charge in [0.1, 0.15) is 0 Å². The van der Waals surface area contributed by atoms with Crippen molar-refractivity contribution >= 4 is 5.91 Å². The molecule has 0 aliphatic carbocycles. The van der Waals surface area contributed by atoms with Gasteiger partial charge in [0.15, 0.2) is 0 Å². The maximum absolute atomic E-state index is 12.0. The minimum atomic E-state index is -0.00662. The lowest BCUT2D eigenvalue weighted by Crippen LogP contribution is -2.25. The Bertz CT molecular complexity index is 401. The minimum absolute atomic E-state index is 0.00662. The van der Waals surface area contributed by atoms with Crippen LogP contribution in [0.3, 0.4) is 0 Å². The van der Waals surface area contributed by atoms with Crippen LogP contribution in [0.2, 0.25) is 0 Å². The van der Waals surface area contributed by atoms with Crippen LogP contribution in [-0.2, 0) is 0 Å². The Kier molecular flexibility index (Phi) is 5.86. The van der Waals surface area contributed by atoms with Crippen LogP contribution in [-0.4, -0.2) is 24.2 Å². The van der Waals surface area contributed by atoms with Crippen molar-refractivity contribution in [3.05, 3.63) is 34.9 Å². The summed E-state index contributed by atoms with van der Waals surface area (Å²) < 4.78 is 0. The van der Waals surface area contributed by atoms with E-state index in [1.807, 2.05) is 39.0 Å². The van der Waals surface area contributed by atoms with Crippen molar-refractivity contribution in [2.75, 3.05) is 13.2 Å². The lowest BCUT2D eigenvalue weighted by molar-refractivity contribution is 0.0951. The molecule has 3 nitrogen and oxygen atoms in total. The summed E-state index contributed by atoms with van der Waals surface area (Å²) in [6, 6.07) is 5.90. The van der Waals surface area contributed by atoms with Crippen LogP contribution < -0.4 is 5.32 Å². The number of amides is 1. The molecule has 0 saturated carbocycles. The van der Waals surface area contributed by atoms with Crippen LogP contribution in [0.4, 0.5) is 0 Å². The maximum Gasteiger partial charge on any atom is 0.251 e. The first-order valence-corrected chi connectivity index (χ1v) is 6.51. The van der Waals surface area contributed by atoms with E-state index < -0.39 is 0 Å². The first kappa shape index (κ1) is 14.7. The van der Waals surface area contributed by atoms with Crippen LogP contribution >= 0.6 is 0 Å². The van der Waals surface area contributed by atoms with E-state index in [-0.39, 0.29) is 12.5 Å². The smallest absolute Gasteiger partial charge is 0.251 e. The molecule has 0 spiro atoms. The minimum Gasteiger partial charge on any atom is -0.396 e. The van der Waals surface area contributed by atoms with Crippen molar-refractivity contribution in [2.45, 2.75) is 33.6 Å². The SMILES string of the molecule is Cc1ccc(C)c(C(=O)NCCCC(C)CO)c1. The van der Waals surface area contributed by atoms with Crippen LogP contribution in [0.25, 0.3) is 0 Å². The number of hydrogen-bond acceptors (Lipinski definition) is 2. The zero-order chi connectivity index (χ0) is 13.5. The molecule has 100 valence electrons. The summed E-state index contributed by atoms with van der Waals surface area (Å²) in [4.78, 5) is 12.0. The zero-order valence-electron chi connectivity index (χ0n) is 11.5. The molecule has 1 rings (SSSR count). The second-order valence-corrected chi connectivity index (χ2v) is 5.00. The van der Waals surface area contributed by atoms with Crippen LogP contribution in [0.5, 0.6) is 0 Å². The highest BCUT2D eigenvalue weighted by molar-refractivity contribution is 5.95. The Labute approximate surface area is 109 Å². The number of nitrogens with one attached hydrogen (secondary N) is 1. The van der Waals surface area contributed by atoms with Gasteiger partial charge in [-0.3, -0.25) is 4.79 Å². The Morgan fingerprint density at radius 1 is 1.39 bits per heavy atom. The molecule has 1 atom stereocenters. The van der Waals surface area contributed by atoms with Crippen molar-refractivity contribution in [1.82, 2.24) is 5.32 Å². The van der Waals surface area contributed by atoms with Crippen LogP contribution in [0, 0.1) is 19.8 Å². The number of carbonyl (C=O) groups is 1. The third kappa shape index (κ3) is 4.49. The highest BCUT2D eigenvalue weighted by Crippen LogP contribution is 2.10. The Balaban J connectivity index is 2.43. The van der Waals surface area contributed by atoms with E-state index in [0.717, 1.165) is 29.5 Å². The Morgan fingerprint density at radius 3 is 2.78 bits per heavy atom. The van der Waals surface area contributed by atoms with Gasteiger partial charge in [0, 0.05) is 18.7 Å². The number of carbonyl (C=O) groups excluding carboxylic acids is 1. The molecule has 0 aliphatic rings. The van der Waals surface area contributed by atoms with Crippen LogP contribution in [0.1, 0.15) is 41.3 Å². The number of aryl methyl sites for hydroxylation is 2. The molecule has 0 heterocycles. The Hall–Kier alpha value is -1.35. The van der Waals surface area contributed by atoms with Gasteiger partial charge in [-0.15, -0.1) is 0 Å². The summed E-state index contributed by atoms with van der Waals surface area (Å²) in [5.41, 5.74) is 2.85. The molecule has 0 fully saturated rings. The van der Waals surface area contributed by atoms with E-state index in [0.29, 0.717) is 12.5 Å². The monoisotopic (exact) mass is 249 g/mol. The van der Waals surface area contributed by atoms with Crippen LogP contribution in [0.15, 0.2) is 18.2 Å². The number of aliphatic hydroxyl groups excluding tert-OH is 1. The highest BCUT2D eigenvalue weighted by atomic mass is 16.3. The van der Waals surface area contributed by atoms with Crippen molar-refractivity contribution in [1.29, 1.82) is 0 Å². The van der Waals surface area contributed by atoms with Crippen molar-refractivity contribution in [3.8, 4) is 0 Å². The van der Waals surface area contributed by atoms with E-state index in [9.17, 15) is 4.79 Å². The fourth-order valence-electron chi connectivity index (χ4n) is 1.82. The van der Waals surface area contributed by atoms with Gasteiger partial charge >= 0.3 is 0 Å². The second kappa shape index (κ2) is 7.17. The van der Waals surface area contributed by atoms with Crippen molar-refractivity contribution in [2.24, 2.45) is 5.92 Å². The molecule has 0 saturated heterocycles.